The molecular weight excluding hydrogens is 361 g/mol. The zero-order valence-corrected chi connectivity index (χ0v) is 15.7. The van der Waals surface area contributed by atoms with Crippen molar-refractivity contribution in [3.63, 3.8) is 0 Å². The van der Waals surface area contributed by atoms with E-state index in [0.717, 1.165) is 0 Å². The smallest absolute Gasteiger partial charge is 0.251 e. The SMILES string of the molecule is CC(CC(=O)NCCNC(=O)Cc1cccc(F)c1)NC(=O)c1ccccc1. The van der Waals surface area contributed by atoms with Gasteiger partial charge in [-0.25, -0.2) is 4.39 Å². The average molecular weight is 385 g/mol. The maximum absolute atomic E-state index is 13.1. The number of halogens is 1. The monoisotopic (exact) mass is 385 g/mol. The molecule has 0 aliphatic heterocycles. The summed E-state index contributed by atoms with van der Waals surface area (Å²) in [5, 5.41) is 8.12. The predicted molar refractivity (Wildman–Crippen MR) is 104 cm³/mol. The maximum Gasteiger partial charge on any atom is 0.251 e. The molecule has 3 N–H and O–H groups in total. The van der Waals surface area contributed by atoms with Gasteiger partial charge in [0.2, 0.25) is 11.8 Å². The van der Waals surface area contributed by atoms with Gasteiger partial charge in [0.25, 0.3) is 5.91 Å². The molecule has 0 saturated carbocycles. The molecule has 0 fully saturated rings. The van der Waals surface area contributed by atoms with Crippen LogP contribution in [0.3, 0.4) is 0 Å². The highest BCUT2D eigenvalue weighted by Crippen LogP contribution is 2.04. The third kappa shape index (κ3) is 7.57. The lowest BCUT2D eigenvalue weighted by Gasteiger charge is -2.14. The number of hydrogen-bond acceptors (Lipinski definition) is 3. The van der Waals surface area contributed by atoms with E-state index in [9.17, 15) is 18.8 Å². The van der Waals surface area contributed by atoms with Crippen LogP contribution in [0.5, 0.6) is 0 Å². The first-order valence-corrected chi connectivity index (χ1v) is 9.08. The summed E-state index contributed by atoms with van der Waals surface area (Å²) >= 11 is 0. The summed E-state index contributed by atoms with van der Waals surface area (Å²) in [6.45, 7) is 2.29. The van der Waals surface area contributed by atoms with Crippen molar-refractivity contribution in [1.29, 1.82) is 0 Å². The first kappa shape index (κ1) is 21.1. The molecule has 6 nitrogen and oxygen atoms in total. The molecule has 0 spiro atoms. The van der Waals surface area contributed by atoms with Gasteiger partial charge >= 0.3 is 0 Å². The van der Waals surface area contributed by atoms with E-state index in [1.165, 1.54) is 12.1 Å². The van der Waals surface area contributed by atoms with E-state index in [1.54, 1.807) is 43.3 Å². The molecule has 28 heavy (non-hydrogen) atoms. The molecule has 2 aromatic carbocycles. The van der Waals surface area contributed by atoms with Crippen molar-refractivity contribution in [1.82, 2.24) is 16.0 Å². The van der Waals surface area contributed by atoms with Crippen molar-refractivity contribution < 1.29 is 18.8 Å². The van der Waals surface area contributed by atoms with Crippen LogP contribution in [0.25, 0.3) is 0 Å². The Morgan fingerprint density at radius 3 is 2.29 bits per heavy atom. The lowest BCUT2D eigenvalue weighted by Crippen LogP contribution is -2.39. The highest BCUT2D eigenvalue weighted by Gasteiger charge is 2.13. The average Bonchev–Trinajstić information content (AvgIpc) is 2.66. The molecule has 0 aliphatic rings. The zero-order chi connectivity index (χ0) is 20.4. The first-order valence-electron chi connectivity index (χ1n) is 9.08. The van der Waals surface area contributed by atoms with E-state index in [1.807, 2.05) is 6.07 Å². The van der Waals surface area contributed by atoms with Gasteiger partial charge in [0.05, 0.1) is 6.42 Å². The minimum absolute atomic E-state index is 0.0776. The summed E-state index contributed by atoms with van der Waals surface area (Å²) in [6.07, 6.45) is 0.212. The van der Waals surface area contributed by atoms with Gasteiger partial charge < -0.3 is 16.0 Å². The van der Waals surface area contributed by atoms with Crippen LogP contribution in [0.15, 0.2) is 54.6 Å². The molecule has 3 amide bonds. The molecule has 0 aromatic heterocycles. The van der Waals surface area contributed by atoms with Crippen LogP contribution in [0, 0.1) is 5.82 Å². The molecule has 0 heterocycles. The molecule has 2 rings (SSSR count). The highest BCUT2D eigenvalue weighted by molar-refractivity contribution is 5.94. The normalized spacial score (nSPS) is 11.4. The number of hydrogen-bond donors (Lipinski definition) is 3. The lowest BCUT2D eigenvalue weighted by molar-refractivity contribution is -0.122. The summed E-state index contributed by atoms with van der Waals surface area (Å²) in [5.74, 6) is -1.08. The van der Waals surface area contributed by atoms with Crippen molar-refractivity contribution in [2.24, 2.45) is 0 Å². The summed E-state index contributed by atoms with van der Waals surface area (Å²) in [5.41, 5.74) is 1.13. The van der Waals surface area contributed by atoms with E-state index in [4.69, 9.17) is 0 Å². The van der Waals surface area contributed by atoms with E-state index >= 15 is 0 Å². The van der Waals surface area contributed by atoms with Gasteiger partial charge in [-0.05, 0) is 36.8 Å². The Morgan fingerprint density at radius 1 is 0.929 bits per heavy atom. The molecule has 0 radical (unpaired) electrons. The number of nitrogens with one attached hydrogen (secondary N) is 3. The Bertz CT molecular complexity index is 812. The molecule has 0 aliphatic carbocycles. The van der Waals surface area contributed by atoms with E-state index in [-0.39, 0.29) is 55.5 Å². The molecular formula is C21H24FN3O3. The molecule has 148 valence electrons. The van der Waals surface area contributed by atoms with Crippen molar-refractivity contribution >= 4 is 17.7 Å². The van der Waals surface area contributed by atoms with Crippen LogP contribution >= 0.6 is 0 Å². The van der Waals surface area contributed by atoms with Crippen LogP contribution in [0.4, 0.5) is 4.39 Å². The van der Waals surface area contributed by atoms with Crippen LogP contribution < -0.4 is 16.0 Å². The molecule has 0 bridgehead atoms. The predicted octanol–water partition coefficient (Wildman–Crippen LogP) is 1.81. The quantitative estimate of drug-likeness (QED) is 0.576. The summed E-state index contributed by atoms with van der Waals surface area (Å²) < 4.78 is 13.1. The van der Waals surface area contributed by atoms with Crippen LogP contribution in [0.2, 0.25) is 0 Å². The third-order valence-electron chi connectivity index (χ3n) is 3.93. The van der Waals surface area contributed by atoms with Crippen molar-refractivity contribution in [2.45, 2.75) is 25.8 Å². The molecule has 1 atom stereocenters. The second-order valence-corrected chi connectivity index (χ2v) is 6.45. The second-order valence-electron chi connectivity index (χ2n) is 6.45. The summed E-state index contributed by atoms with van der Waals surface area (Å²) in [6, 6.07) is 14.3. The van der Waals surface area contributed by atoms with Crippen molar-refractivity contribution in [3.05, 3.63) is 71.5 Å². The van der Waals surface area contributed by atoms with Gasteiger partial charge in [0, 0.05) is 31.1 Å². The fraction of sp³-hybridized carbons (Fsp3) is 0.286. The number of carbonyl (C=O) groups is 3. The van der Waals surface area contributed by atoms with Crippen LogP contribution in [-0.2, 0) is 16.0 Å². The van der Waals surface area contributed by atoms with Gasteiger partial charge in [0.15, 0.2) is 0 Å². The zero-order valence-electron chi connectivity index (χ0n) is 15.7. The topological polar surface area (TPSA) is 87.3 Å². The Labute approximate surface area is 163 Å². The molecule has 2 aromatic rings. The molecule has 7 heteroatoms. The molecule has 0 saturated heterocycles. The van der Waals surface area contributed by atoms with Crippen LogP contribution in [-0.4, -0.2) is 36.9 Å². The Morgan fingerprint density at radius 2 is 1.61 bits per heavy atom. The van der Waals surface area contributed by atoms with Crippen molar-refractivity contribution in [3.8, 4) is 0 Å². The van der Waals surface area contributed by atoms with Gasteiger partial charge in [-0.1, -0.05) is 30.3 Å². The fourth-order valence-corrected chi connectivity index (χ4v) is 2.60. The Balaban J connectivity index is 1.61. The minimum atomic E-state index is -0.383. The first-order chi connectivity index (χ1) is 13.4. The minimum Gasteiger partial charge on any atom is -0.354 e. The fourth-order valence-electron chi connectivity index (χ4n) is 2.60. The standard InChI is InChI=1S/C21H24FN3O3/c1-15(25-21(28)17-7-3-2-4-8-17)12-19(26)23-10-11-24-20(27)14-16-6-5-9-18(22)13-16/h2-9,13,15H,10-12,14H2,1H3,(H,23,26)(H,24,27)(H,25,28). The maximum atomic E-state index is 13.1. The van der Waals surface area contributed by atoms with Gasteiger partial charge in [0.1, 0.15) is 5.82 Å². The highest BCUT2D eigenvalue weighted by atomic mass is 19.1. The van der Waals surface area contributed by atoms with Crippen LogP contribution in [0.1, 0.15) is 29.3 Å². The number of rotatable bonds is 9. The van der Waals surface area contributed by atoms with Crippen molar-refractivity contribution in [2.75, 3.05) is 13.1 Å². The van der Waals surface area contributed by atoms with Gasteiger partial charge in [-0.2, -0.15) is 0 Å². The number of amides is 3. The van der Waals surface area contributed by atoms with E-state index < -0.39 is 0 Å². The van der Waals surface area contributed by atoms with Gasteiger partial charge in [-0.3, -0.25) is 14.4 Å². The third-order valence-corrected chi connectivity index (χ3v) is 3.93. The van der Waals surface area contributed by atoms with E-state index in [2.05, 4.69) is 16.0 Å². The number of benzene rings is 2. The molecule has 1 unspecified atom stereocenters. The Hall–Kier alpha value is -3.22. The largest absolute Gasteiger partial charge is 0.354 e. The summed E-state index contributed by atoms with van der Waals surface area (Å²) in [7, 11) is 0. The van der Waals surface area contributed by atoms with Gasteiger partial charge in [-0.15, -0.1) is 0 Å². The van der Waals surface area contributed by atoms with E-state index in [0.29, 0.717) is 11.1 Å². The lowest BCUT2D eigenvalue weighted by atomic mass is 10.1. The number of carbonyl (C=O) groups excluding carboxylic acids is 3. The second kappa shape index (κ2) is 10.8. The Kier molecular flexibility index (Phi) is 8.14. The summed E-state index contributed by atoms with van der Waals surface area (Å²) in [4.78, 5) is 35.8.